The molecule has 0 atom stereocenters. The Kier molecular flexibility index (Phi) is 5.64. The molecule has 0 amide bonds. The molecule has 9 aromatic rings. The van der Waals surface area contributed by atoms with E-state index in [1.807, 2.05) is 97.1 Å². The van der Waals surface area contributed by atoms with Crippen LogP contribution in [0.25, 0.3) is 66.1 Å². The smallest absolute Gasteiger partial charge is 0.143 e. The van der Waals surface area contributed by atoms with E-state index in [9.17, 15) is 0 Å². The van der Waals surface area contributed by atoms with Crippen LogP contribution in [0.5, 0.6) is 0 Å². The van der Waals surface area contributed by atoms with Gasteiger partial charge in [-0.1, -0.05) is 133 Å². The van der Waals surface area contributed by atoms with Crippen molar-refractivity contribution in [3.05, 3.63) is 188 Å². The van der Waals surface area contributed by atoms with Crippen LogP contribution in [0.3, 0.4) is 0 Å². The van der Waals surface area contributed by atoms with Crippen molar-refractivity contribution in [2.75, 3.05) is 4.90 Å². The van der Waals surface area contributed by atoms with Crippen LogP contribution in [-0.4, -0.2) is 0 Å². The van der Waals surface area contributed by atoms with Crippen LogP contribution < -0.4 is 4.90 Å². The van der Waals surface area contributed by atoms with Crippen LogP contribution in [0.1, 0.15) is 6.85 Å². The normalized spacial score (nSPS) is 12.8. The molecule has 0 saturated heterocycles. The number of benzene rings is 8. The number of fused-ring (bicyclic) bond motifs is 5. The Labute approximate surface area is 286 Å². The second kappa shape index (κ2) is 11.8. The van der Waals surface area contributed by atoms with Gasteiger partial charge in [0.2, 0.25) is 0 Å². The monoisotopic (exact) mass is 618 g/mol. The number of anilines is 3. The molecule has 0 spiro atoms. The maximum atomic E-state index is 8.91. The Bertz CT molecular complexity index is 2800. The largest absolute Gasteiger partial charge is 0.455 e. The van der Waals surface area contributed by atoms with Crippen molar-refractivity contribution in [3.63, 3.8) is 0 Å². The third-order valence-electron chi connectivity index (χ3n) is 8.96. The molecule has 1 heterocycles. The van der Waals surface area contributed by atoms with Crippen molar-refractivity contribution in [3.8, 4) is 33.4 Å². The molecule has 2 nitrogen and oxygen atoms in total. The SMILES string of the molecule is [2H]c1c([2H])c([2H])c(N(c2ccc(-c3cccc(-c4ccccc4)c3)cc2)c2ccc(-c3cccc4oc5c6ccccc6ccc5c34)cc2)c([2H])c1[2H]. The minimum atomic E-state index is -0.430. The summed E-state index contributed by atoms with van der Waals surface area (Å²) in [4.78, 5) is 1.74. The molecular formula is C46H31NO. The van der Waals surface area contributed by atoms with E-state index in [0.29, 0.717) is 11.4 Å². The average Bonchev–Trinajstić information content (AvgIpc) is 3.61. The van der Waals surface area contributed by atoms with Crippen molar-refractivity contribution < 1.29 is 11.3 Å². The Morgan fingerprint density at radius 2 is 1.06 bits per heavy atom. The van der Waals surface area contributed by atoms with E-state index in [0.717, 1.165) is 66.1 Å². The number of hydrogen-bond donors (Lipinski definition) is 0. The van der Waals surface area contributed by atoms with Crippen LogP contribution in [0, 0.1) is 0 Å². The first-order valence-electron chi connectivity index (χ1n) is 18.4. The molecule has 0 unspecified atom stereocenters. The van der Waals surface area contributed by atoms with Crippen LogP contribution >= 0.6 is 0 Å². The highest BCUT2D eigenvalue weighted by molar-refractivity contribution is 6.19. The van der Waals surface area contributed by atoms with Crippen molar-refractivity contribution in [1.82, 2.24) is 0 Å². The predicted octanol–water partition coefficient (Wildman–Crippen LogP) is 13.2. The van der Waals surface area contributed by atoms with E-state index in [-0.39, 0.29) is 29.9 Å². The van der Waals surface area contributed by atoms with Crippen LogP contribution in [0.15, 0.2) is 192 Å². The van der Waals surface area contributed by atoms with E-state index in [2.05, 4.69) is 60.7 Å². The summed E-state index contributed by atoms with van der Waals surface area (Å²) in [7, 11) is 0. The number of nitrogens with zero attached hydrogens (tertiary/aromatic N) is 1. The fourth-order valence-electron chi connectivity index (χ4n) is 6.66. The molecule has 1 aromatic heterocycles. The van der Waals surface area contributed by atoms with Crippen molar-refractivity contribution in [1.29, 1.82) is 0 Å². The minimum Gasteiger partial charge on any atom is -0.455 e. The molecule has 2 heteroatoms. The highest BCUT2D eigenvalue weighted by atomic mass is 16.3. The fraction of sp³-hybridized carbons (Fsp3) is 0. The maximum absolute atomic E-state index is 8.91. The summed E-state index contributed by atoms with van der Waals surface area (Å²) in [5, 5.41) is 4.24. The zero-order chi connectivity index (χ0) is 36.2. The van der Waals surface area contributed by atoms with Crippen LogP contribution in [0.4, 0.5) is 17.1 Å². The van der Waals surface area contributed by atoms with Crippen molar-refractivity contribution >= 4 is 49.8 Å². The summed E-state index contributed by atoms with van der Waals surface area (Å²) in [6.07, 6.45) is 0. The third-order valence-corrected chi connectivity index (χ3v) is 8.96. The average molecular weight is 619 g/mol. The molecular weight excluding hydrogens is 583 g/mol. The number of hydrogen-bond acceptors (Lipinski definition) is 2. The second-order valence-electron chi connectivity index (χ2n) is 11.8. The van der Waals surface area contributed by atoms with Gasteiger partial charge in [-0.25, -0.2) is 0 Å². The van der Waals surface area contributed by atoms with E-state index in [1.165, 1.54) is 0 Å². The quantitative estimate of drug-likeness (QED) is 0.184. The van der Waals surface area contributed by atoms with Gasteiger partial charge in [-0.2, -0.15) is 0 Å². The summed E-state index contributed by atoms with van der Waals surface area (Å²) in [6, 6.07) is 51.1. The molecule has 0 aliphatic heterocycles. The van der Waals surface area contributed by atoms with Crippen LogP contribution in [-0.2, 0) is 0 Å². The molecule has 0 saturated carbocycles. The zero-order valence-electron chi connectivity index (χ0n) is 30.9. The molecule has 8 aromatic carbocycles. The van der Waals surface area contributed by atoms with Gasteiger partial charge >= 0.3 is 0 Å². The summed E-state index contributed by atoms with van der Waals surface area (Å²) < 4.78 is 49.4. The second-order valence-corrected chi connectivity index (χ2v) is 11.8. The fourth-order valence-corrected chi connectivity index (χ4v) is 6.66. The zero-order valence-corrected chi connectivity index (χ0v) is 25.9. The minimum absolute atomic E-state index is 0.0809. The molecule has 226 valence electrons. The summed E-state index contributed by atoms with van der Waals surface area (Å²) >= 11 is 0. The van der Waals surface area contributed by atoms with E-state index in [4.69, 9.17) is 11.3 Å². The lowest BCUT2D eigenvalue weighted by Crippen LogP contribution is -2.09. The van der Waals surface area contributed by atoms with E-state index >= 15 is 0 Å². The Morgan fingerprint density at radius 3 is 1.81 bits per heavy atom. The van der Waals surface area contributed by atoms with Gasteiger partial charge in [-0.05, 0) is 93.3 Å². The van der Waals surface area contributed by atoms with Gasteiger partial charge in [0.1, 0.15) is 11.2 Å². The summed E-state index contributed by atoms with van der Waals surface area (Å²) in [5.74, 6) is 0. The molecule has 0 N–H and O–H groups in total. The highest BCUT2D eigenvalue weighted by Crippen LogP contribution is 2.41. The topological polar surface area (TPSA) is 16.4 Å². The first kappa shape index (κ1) is 23.0. The molecule has 48 heavy (non-hydrogen) atoms. The number of rotatable bonds is 6. The van der Waals surface area contributed by atoms with Gasteiger partial charge in [0.05, 0.1) is 6.85 Å². The third kappa shape index (κ3) is 4.92. The van der Waals surface area contributed by atoms with Gasteiger partial charge in [-0.15, -0.1) is 0 Å². The van der Waals surface area contributed by atoms with E-state index < -0.39 is 6.04 Å². The lowest BCUT2D eigenvalue weighted by molar-refractivity contribution is 0.673. The lowest BCUT2D eigenvalue weighted by Gasteiger charge is -2.26. The molecule has 0 aliphatic rings. The van der Waals surface area contributed by atoms with Crippen molar-refractivity contribution in [2.45, 2.75) is 0 Å². The molecule has 0 radical (unpaired) electrons. The first-order valence-corrected chi connectivity index (χ1v) is 15.9. The lowest BCUT2D eigenvalue weighted by atomic mass is 9.97. The standard InChI is InChI=1S/C46H31NO/c1-3-11-32(12-4-1)36-14-9-15-37(31-36)33-21-26-39(27-22-33)47(38-16-5-2-6-17-38)40-28-23-35(24-29-40)41-19-10-20-44-45(41)43-30-25-34-13-7-8-18-42(34)46(43)48-44/h1-31H/i2D,5D,6D,16D,17D. The highest BCUT2D eigenvalue weighted by Gasteiger charge is 2.16. The summed E-state index contributed by atoms with van der Waals surface area (Å²) in [6.45, 7) is 0. The van der Waals surface area contributed by atoms with Gasteiger partial charge in [0.25, 0.3) is 0 Å². The van der Waals surface area contributed by atoms with Crippen LogP contribution in [0.2, 0.25) is 0 Å². The van der Waals surface area contributed by atoms with Gasteiger partial charge in [0.15, 0.2) is 0 Å². The Balaban J connectivity index is 1.15. The number of furan rings is 1. The number of para-hydroxylation sites is 1. The Morgan fingerprint density at radius 1 is 0.438 bits per heavy atom. The van der Waals surface area contributed by atoms with Crippen molar-refractivity contribution in [2.24, 2.45) is 0 Å². The predicted molar refractivity (Wildman–Crippen MR) is 202 cm³/mol. The molecule has 0 fully saturated rings. The summed E-state index contributed by atoms with van der Waals surface area (Å²) in [5.41, 5.74) is 9.31. The molecule has 0 aliphatic carbocycles. The molecule has 0 bridgehead atoms. The van der Waals surface area contributed by atoms with Gasteiger partial charge < -0.3 is 9.32 Å². The van der Waals surface area contributed by atoms with Gasteiger partial charge in [0, 0.05) is 33.2 Å². The maximum Gasteiger partial charge on any atom is 0.143 e. The molecule has 9 rings (SSSR count). The Hall–Kier alpha value is -6.38. The van der Waals surface area contributed by atoms with Gasteiger partial charge in [-0.3, -0.25) is 0 Å². The van der Waals surface area contributed by atoms with E-state index in [1.54, 1.807) is 4.90 Å². The first-order chi connectivity index (χ1) is 25.9.